The van der Waals surface area contributed by atoms with Crippen molar-refractivity contribution in [1.29, 1.82) is 5.41 Å². The Labute approximate surface area is 225 Å². The molecule has 0 spiro atoms. The number of Topliss-reactive ketones (excluding diaryl/α,β-unsaturated/α-hetero) is 1. The molecule has 2 saturated carbocycles. The van der Waals surface area contributed by atoms with Crippen LogP contribution in [0.1, 0.15) is 48.8 Å². The number of rotatable bonds is 5. The largest absolute Gasteiger partial charge is 0.510 e. The molecule has 0 aliphatic heterocycles. The van der Waals surface area contributed by atoms with E-state index in [1.54, 1.807) is 19.0 Å². The summed E-state index contributed by atoms with van der Waals surface area (Å²) in [4.78, 5) is 27.6. The van der Waals surface area contributed by atoms with Gasteiger partial charge in [0.2, 0.25) is 5.78 Å². The number of carbonyl (C=O) groups excluding carboxylic acids is 2. The first-order valence-corrected chi connectivity index (χ1v) is 13.2. The molecule has 204 valence electrons. The van der Waals surface area contributed by atoms with Crippen LogP contribution in [-0.4, -0.2) is 74.5 Å². The van der Waals surface area contributed by atoms with E-state index in [1.807, 2.05) is 0 Å². The second-order valence-corrected chi connectivity index (χ2v) is 11.5. The fourth-order valence-corrected chi connectivity index (χ4v) is 7.21. The third-order valence-corrected chi connectivity index (χ3v) is 9.19. The number of fused-ring (bicyclic) bond motifs is 3. The van der Waals surface area contributed by atoms with E-state index >= 15 is 0 Å². The van der Waals surface area contributed by atoms with Gasteiger partial charge in [0.15, 0.2) is 5.60 Å². The van der Waals surface area contributed by atoms with Crippen LogP contribution in [0.5, 0.6) is 5.75 Å². The smallest absolute Gasteiger partial charge is 0.254 e. The van der Waals surface area contributed by atoms with Crippen molar-refractivity contribution in [2.24, 2.45) is 17.6 Å². The summed E-state index contributed by atoms with van der Waals surface area (Å²) >= 11 is 6.80. The number of phenolic OH excluding ortho intramolecular Hbond substituents is 1. The number of ketones is 1. The monoisotopic (exact) mass is 544 g/mol. The molecule has 4 aliphatic rings. The maximum absolute atomic E-state index is 13.9. The Bertz CT molecular complexity index is 1310. The molecule has 5 rings (SSSR count). The number of nitrogens with two attached hydrogens (primary N) is 1. The van der Waals surface area contributed by atoms with Gasteiger partial charge in [0, 0.05) is 29.1 Å². The normalized spacial score (nSPS) is 29.6. The number of nitrogens with zero attached hydrogens (tertiary/aromatic N) is 1. The number of phenols is 1. The van der Waals surface area contributed by atoms with E-state index in [4.69, 9.17) is 22.7 Å². The van der Waals surface area contributed by atoms with E-state index in [1.165, 1.54) is 18.9 Å². The second-order valence-electron chi connectivity index (χ2n) is 11.1. The summed E-state index contributed by atoms with van der Waals surface area (Å²) in [5.41, 5.74) is 2.59. The number of likely N-dealkylation sites (N-methyl/N-ethyl adjacent to an activating group) is 1. The van der Waals surface area contributed by atoms with Crippen LogP contribution in [0.15, 0.2) is 23.0 Å². The molecule has 38 heavy (non-hydrogen) atoms. The lowest BCUT2D eigenvalue weighted by Gasteiger charge is -2.51. The molecule has 10 nitrogen and oxygen atoms in total. The molecular formula is C27H33ClN4O6. The van der Waals surface area contributed by atoms with Gasteiger partial charge in [-0.2, -0.15) is 0 Å². The molecule has 0 unspecified atom stereocenters. The number of nitrogens with one attached hydrogen (secondary N) is 2. The molecule has 4 atom stereocenters. The van der Waals surface area contributed by atoms with Gasteiger partial charge in [-0.15, -0.1) is 0 Å². The van der Waals surface area contributed by atoms with E-state index in [0.717, 1.165) is 12.8 Å². The summed E-state index contributed by atoms with van der Waals surface area (Å²) < 4.78 is 0. The molecule has 0 radical (unpaired) electrons. The van der Waals surface area contributed by atoms with Crippen molar-refractivity contribution in [3.8, 4) is 5.75 Å². The maximum Gasteiger partial charge on any atom is 0.254 e. The van der Waals surface area contributed by atoms with E-state index in [9.17, 15) is 30.0 Å². The molecule has 1 amide bonds. The Hall–Kier alpha value is -2.92. The third-order valence-electron chi connectivity index (χ3n) is 8.72. The van der Waals surface area contributed by atoms with Gasteiger partial charge in [-0.25, -0.2) is 0 Å². The minimum atomic E-state index is -2.51. The summed E-state index contributed by atoms with van der Waals surface area (Å²) in [6, 6.07) is 0.881. The molecular weight excluding hydrogens is 512 g/mol. The number of aliphatic hydroxyl groups excluding tert-OH is 2. The SMILES string of the molecule is CN(C)[C@@H]1C(O)=C(C(N)=O)C(=N)[C@@]2(O)C(=O)C3=C(O)c4c(O)cc(CNC5CCCC5)c(Cl)c4C[C@H]3C[C@@H]12. The number of aromatic hydroxyl groups is 1. The lowest BCUT2D eigenvalue weighted by atomic mass is 9.57. The molecule has 8 N–H and O–H groups in total. The van der Waals surface area contributed by atoms with Gasteiger partial charge in [0.05, 0.1) is 17.3 Å². The molecule has 0 aromatic heterocycles. The van der Waals surface area contributed by atoms with Crippen LogP contribution in [0.25, 0.3) is 5.76 Å². The molecule has 0 saturated heterocycles. The van der Waals surface area contributed by atoms with E-state index in [0.29, 0.717) is 28.7 Å². The Kier molecular flexibility index (Phi) is 6.58. The van der Waals surface area contributed by atoms with E-state index < -0.39 is 58.0 Å². The van der Waals surface area contributed by atoms with Crippen molar-refractivity contribution in [3.05, 3.63) is 44.7 Å². The van der Waals surface area contributed by atoms with Crippen LogP contribution in [-0.2, 0) is 22.6 Å². The van der Waals surface area contributed by atoms with Crippen molar-refractivity contribution in [3.63, 3.8) is 0 Å². The lowest BCUT2D eigenvalue weighted by Crippen LogP contribution is -2.67. The van der Waals surface area contributed by atoms with E-state index in [-0.39, 0.29) is 29.7 Å². The average Bonchev–Trinajstić information content (AvgIpc) is 3.36. The zero-order valence-corrected chi connectivity index (χ0v) is 22.1. The van der Waals surface area contributed by atoms with Crippen molar-refractivity contribution in [2.45, 2.75) is 62.8 Å². The molecule has 1 aromatic carbocycles. The van der Waals surface area contributed by atoms with Crippen molar-refractivity contribution in [2.75, 3.05) is 14.1 Å². The topological polar surface area (TPSA) is 180 Å². The van der Waals surface area contributed by atoms with Gasteiger partial charge >= 0.3 is 0 Å². The van der Waals surface area contributed by atoms with Crippen LogP contribution in [0.4, 0.5) is 0 Å². The zero-order chi connectivity index (χ0) is 27.7. The number of hydrogen-bond donors (Lipinski definition) is 7. The van der Waals surface area contributed by atoms with Gasteiger partial charge in [-0.3, -0.25) is 14.5 Å². The highest BCUT2D eigenvalue weighted by Gasteiger charge is 2.63. The third kappa shape index (κ3) is 3.77. The fourth-order valence-electron chi connectivity index (χ4n) is 6.92. The summed E-state index contributed by atoms with van der Waals surface area (Å²) in [5, 5.41) is 57.2. The first kappa shape index (κ1) is 26.7. The van der Waals surface area contributed by atoms with Gasteiger partial charge in [0.25, 0.3) is 5.91 Å². The van der Waals surface area contributed by atoms with Crippen molar-refractivity contribution < 1.29 is 30.0 Å². The standard InChI is InChI=1S/C27H33ClN4O6/c1-32(2)21-15-8-11-7-14-18(16(33)9-12(20(14)28)10-31-13-5-3-4-6-13)22(34)17(11)25(36)27(15,38)24(29)19(23(21)35)26(30)37/h9,11,13,15,21,29,31,33-35,38H,3-8,10H2,1-2H3,(H2,30,37)/t11-,15-,21-,27+/m0/s1. The Morgan fingerprint density at radius 2 is 1.92 bits per heavy atom. The summed E-state index contributed by atoms with van der Waals surface area (Å²) in [6.07, 6.45) is 4.81. The first-order valence-electron chi connectivity index (χ1n) is 12.9. The summed E-state index contributed by atoms with van der Waals surface area (Å²) in [5.74, 6) is -4.91. The van der Waals surface area contributed by atoms with Crippen molar-refractivity contribution in [1.82, 2.24) is 10.2 Å². The maximum atomic E-state index is 13.9. The number of halogens is 1. The minimum Gasteiger partial charge on any atom is -0.510 e. The number of carbonyl (C=O) groups is 2. The van der Waals surface area contributed by atoms with Crippen LogP contribution < -0.4 is 11.1 Å². The Morgan fingerprint density at radius 1 is 1.26 bits per heavy atom. The lowest BCUT2D eigenvalue weighted by molar-refractivity contribution is -0.138. The van der Waals surface area contributed by atoms with Gasteiger partial charge in [-0.1, -0.05) is 24.4 Å². The van der Waals surface area contributed by atoms with Crippen LogP contribution in [0.2, 0.25) is 5.02 Å². The van der Waals surface area contributed by atoms with Gasteiger partial charge in [-0.05, 0) is 62.9 Å². The fraction of sp³-hybridized carbons (Fsp3) is 0.519. The minimum absolute atomic E-state index is 0.0290. The second kappa shape index (κ2) is 9.37. The highest BCUT2D eigenvalue weighted by Crippen LogP contribution is 2.53. The Morgan fingerprint density at radius 3 is 2.53 bits per heavy atom. The summed E-state index contributed by atoms with van der Waals surface area (Å²) in [6.45, 7) is 0.447. The molecule has 11 heteroatoms. The van der Waals surface area contributed by atoms with E-state index in [2.05, 4.69) is 5.32 Å². The average molecular weight is 545 g/mol. The summed E-state index contributed by atoms with van der Waals surface area (Å²) in [7, 11) is 3.24. The molecule has 4 aliphatic carbocycles. The molecule has 0 bridgehead atoms. The highest BCUT2D eigenvalue weighted by atomic mass is 35.5. The molecule has 2 fully saturated rings. The van der Waals surface area contributed by atoms with Crippen molar-refractivity contribution >= 4 is 34.8 Å². The first-order chi connectivity index (χ1) is 17.9. The van der Waals surface area contributed by atoms with Gasteiger partial charge in [0.1, 0.15) is 22.8 Å². The van der Waals surface area contributed by atoms with Crippen LogP contribution in [0.3, 0.4) is 0 Å². The molecule has 1 aromatic rings. The number of benzene rings is 1. The number of hydrogen-bond acceptors (Lipinski definition) is 9. The van der Waals surface area contributed by atoms with Crippen LogP contribution in [0, 0.1) is 17.2 Å². The number of aliphatic hydroxyl groups is 3. The van der Waals surface area contributed by atoms with Crippen LogP contribution >= 0.6 is 11.6 Å². The predicted octanol–water partition coefficient (Wildman–Crippen LogP) is 2.10. The zero-order valence-electron chi connectivity index (χ0n) is 21.3. The highest BCUT2D eigenvalue weighted by molar-refractivity contribution is 6.34. The quantitative estimate of drug-likeness (QED) is 0.294. The van der Waals surface area contributed by atoms with Gasteiger partial charge < -0.3 is 36.9 Å². The Balaban J connectivity index is 1.60. The predicted molar refractivity (Wildman–Crippen MR) is 141 cm³/mol. The number of amides is 1. The number of primary amides is 1. The molecule has 0 heterocycles.